The van der Waals surface area contributed by atoms with Crippen LogP contribution in [0.3, 0.4) is 0 Å². The molecule has 4 nitrogen and oxygen atoms in total. The van der Waals surface area contributed by atoms with Crippen molar-refractivity contribution in [3.63, 3.8) is 0 Å². The summed E-state index contributed by atoms with van der Waals surface area (Å²) in [4.78, 5) is 0. The van der Waals surface area contributed by atoms with Gasteiger partial charge in [-0.2, -0.15) is 0 Å². The molecule has 2 fully saturated rings. The quantitative estimate of drug-likeness (QED) is 0.710. The van der Waals surface area contributed by atoms with Crippen LogP contribution in [0.25, 0.3) is 0 Å². The zero-order chi connectivity index (χ0) is 11.4. The van der Waals surface area contributed by atoms with Gasteiger partial charge in [0, 0.05) is 19.1 Å². The summed E-state index contributed by atoms with van der Waals surface area (Å²) in [5.74, 6) is 0.312. The lowest BCUT2D eigenvalue weighted by Gasteiger charge is -2.25. The molecule has 1 saturated heterocycles. The highest BCUT2D eigenvalue weighted by molar-refractivity contribution is 7.89. The summed E-state index contributed by atoms with van der Waals surface area (Å²) in [7, 11) is -2.97. The van der Waals surface area contributed by atoms with E-state index in [4.69, 9.17) is 0 Å². The van der Waals surface area contributed by atoms with Crippen molar-refractivity contribution in [1.29, 1.82) is 0 Å². The third-order valence-electron chi connectivity index (χ3n) is 3.30. The Balaban J connectivity index is 1.68. The van der Waals surface area contributed by atoms with Gasteiger partial charge in [0.05, 0.1) is 5.75 Å². The van der Waals surface area contributed by atoms with Crippen LogP contribution in [0.5, 0.6) is 0 Å². The maximum absolute atomic E-state index is 11.9. The van der Waals surface area contributed by atoms with Gasteiger partial charge in [0.25, 0.3) is 0 Å². The Morgan fingerprint density at radius 1 is 1.12 bits per heavy atom. The van der Waals surface area contributed by atoms with Crippen molar-refractivity contribution in [2.45, 2.75) is 44.6 Å². The van der Waals surface area contributed by atoms with E-state index in [-0.39, 0.29) is 0 Å². The van der Waals surface area contributed by atoms with E-state index in [2.05, 4.69) is 5.32 Å². The molecule has 0 aromatic carbocycles. The molecule has 16 heavy (non-hydrogen) atoms. The van der Waals surface area contributed by atoms with Gasteiger partial charge in [0.1, 0.15) is 0 Å². The third kappa shape index (κ3) is 3.71. The zero-order valence-corrected chi connectivity index (χ0v) is 10.6. The van der Waals surface area contributed by atoms with Crippen molar-refractivity contribution in [3.05, 3.63) is 0 Å². The van der Waals surface area contributed by atoms with Crippen molar-refractivity contribution < 1.29 is 8.42 Å². The zero-order valence-electron chi connectivity index (χ0n) is 9.82. The molecule has 0 unspecified atom stereocenters. The Labute approximate surface area is 98.4 Å². The fourth-order valence-corrected chi connectivity index (χ4v) is 3.70. The molecule has 0 atom stereocenters. The summed E-state index contributed by atoms with van der Waals surface area (Å²) >= 11 is 0. The second kappa shape index (κ2) is 5.47. The van der Waals surface area contributed by atoms with Gasteiger partial charge >= 0.3 is 0 Å². The fraction of sp³-hybridized carbons (Fsp3) is 1.00. The molecule has 94 valence electrons. The summed E-state index contributed by atoms with van der Waals surface area (Å²) in [5, 5.41) is 3.35. The van der Waals surface area contributed by atoms with E-state index in [0.717, 1.165) is 38.9 Å². The molecule has 0 amide bonds. The van der Waals surface area contributed by atoms with Gasteiger partial charge in [0.15, 0.2) is 0 Å². The Morgan fingerprint density at radius 3 is 2.44 bits per heavy atom. The summed E-state index contributed by atoms with van der Waals surface area (Å²) in [5.41, 5.74) is 0. The highest BCUT2D eigenvalue weighted by atomic mass is 32.2. The van der Waals surface area contributed by atoms with Crippen LogP contribution in [0.1, 0.15) is 38.5 Å². The van der Waals surface area contributed by atoms with E-state index in [1.54, 1.807) is 4.31 Å². The molecular weight excluding hydrogens is 224 g/mol. The predicted octanol–water partition coefficient (Wildman–Crippen LogP) is 0.944. The van der Waals surface area contributed by atoms with Crippen molar-refractivity contribution in [1.82, 2.24) is 9.62 Å². The van der Waals surface area contributed by atoms with E-state index < -0.39 is 10.0 Å². The topological polar surface area (TPSA) is 49.4 Å². The van der Waals surface area contributed by atoms with E-state index in [9.17, 15) is 8.42 Å². The van der Waals surface area contributed by atoms with E-state index in [1.807, 2.05) is 0 Å². The first kappa shape index (κ1) is 12.3. The lowest BCUT2D eigenvalue weighted by Crippen LogP contribution is -2.37. The Kier molecular flexibility index (Phi) is 4.21. The molecule has 1 aliphatic heterocycles. The molecule has 5 heteroatoms. The standard InChI is InChI=1S/C11H22N2O2S/c14-16(15,13-8-2-1-3-9-13)10-4-7-12-11-5-6-11/h11-12H,1-10H2. The summed E-state index contributed by atoms with van der Waals surface area (Å²) in [6.07, 6.45) is 6.50. The molecular formula is C11H22N2O2S. The minimum Gasteiger partial charge on any atom is -0.314 e. The summed E-state index contributed by atoms with van der Waals surface area (Å²) in [6.45, 7) is 2.31. The van der Waals surface area contributed by atoms with Gasteiger partial charge in [-0.3, -0.25) is 0 Å². The van der Waals surface area contributed by atoms with Crippen LogP contribution in [0.15, 0.2) is 0 Å². The van der Waals surface area contributed by atoms with Crippen molar-refractivity contribution >= 4 is 10.0 Å². The molecule has 0 bridgehead atoms. The van der Waals surface area contributed by atoms with Crippen molar-refractivity contribution in [3.8, 4) is 0 Å². The minimum atomic E-state index is -2.97. The van der Waals surface area contributed by atoms with Gasteiger partial charge in [-0.05, 0) is 38.6 Å². The first-order valence-corrected chi connectivity index (χ1v) is 8.00. The van der Waals surface area contributed by atoms with E-state index in [1.165, 1.54) is 19.3 Å². The number of hydrogen-bond acceptors (Lipinski definition) is 3. The van der Waals surface area contributed by atoms with Crippen LogP contribution < -0.4 is 5.32 Å². The maximum Gasteiger partial charge on any atom is 0.214 e. The molecule has 2 aliphatic rings. The third-order valence-corrected chi connectivity index (χ3v) is 5.25. The average Bonchev–Trinajstić information content (AvgIpc) is 3.10. The minimum absolute atomic E-state index is 0.312. The highest BCUT2D eigenvalue weighted by Crippen LogP contribution is 2.18. The lowest BCUT2D eigenvalue weighted by molar-refractivity contribution is 0.346. The van der Waals surface area contributed by atoms with Crippen LogP contribution in [0.2, 0.25) is 0 Å². The molecule has 0 aromatic rings. The molecule has 2 rings (SSSR count). The largest absolute Gasteiger partial charge is 0.314 e. The Morgan fingerprint density at radius 2 is 1.81 bits per heavy atom. The Hall–Kier alpha value is -0.130. The van der Waals surface area contributed by atoms with Gasteiger partial charge in [-0.1, -0.05) is 6.42 Å². The van der Waals surface area contributed by atoms with Crippen molar-refractivity contribution in [2.75, 3.05) is 25.4 Å². The molecule has 1 heterocycles. The van der Waals surface area contributed by atoms with Gasteiger partial charge in [0.2, 0.25) is 10.0 Å². The fourth-order valence-electron chi connectivity index (χ4n) is 2.12. The Bertz CT molecular complexity index is 306. The number of sulfonamides is 1. The normalized spacial score (nSPS) is 23.5. The van der Waals surface area contributed by atoms with Gasteiger partial charge in [-0.15, -0.1) is 0 Å². The molecule has 0 spiro atoms. The number of piperidine rings is 1. The van der Waals surface area contributed by atoms with Crippen LogP contribution in [0, 0.1) is 0 Å². The van der Waals surface area contributed by atoms with E-state index in [0.29, 0.717) is 11.8 Å². The lowest BCUT2D eigenvalue weighted by atomic mass is 10.2. The monoisotopic (exact) mass is 246 g/mol. The maximum atomic E-state index is 11.9. The average molecular weight is 246 g/mol. The van der Waals surface area contributed by atoms with E-state index >= 15 is 0 Å². The first-order valence-electron chi connectivity index (χ1n) is 6.40. The number of nitrogens with zero attached hydrogens (tertiary/aromatic N) is 1. The van der Waals surface area contributed by atoms with Crippen LogP contribution in [-0.4, -0.2) is 44.2 Å². The second-order valence-corrected chi connectivity index (χ2v) is 6.95. The summed E-state index contributed by atoms with van der Waals surface area (Å²) in [6, 6.07) is 0.678. The number of hydrogen-bond donors (Lipinski definition) is 1. The number of nitrogens with one attached hydrogen (secondary N) is 1. The smallest absolute Gasteiger partial charge is 0.214 e. The van der Waals surface area contributed by atoms with Gasteiger partial charge in [-0.25, -0.2) is 12.7 Å². The van der Waals surface area contributed by atoms with Crippen LogP contribution in [0.4, 0.5) is 0 Å². The summed E-state index contributed by atoms with van der Waals surface area (Å²) < 4.78 is 25.6. The van der Waals surface area contributed by atoms with Crippen LogP contribution in [-0.2, 0) is 10.0 Å². The number of rotatable bonds is 6. The molecule has 1 aliphatic carbocycles. The highest BCUT2D eigenvalue weighted by Gasteiger charge is 2.24. The predicted molar refractivity (Wildman–Crippen MR) is 64.9 cm³/mol. The molecule has 0 aromatic heterocycles. The molecule has 0 radical (unpaired) electrons. The molecule has 1 saturated carbocycles. The molecule has 1 N–H and O–H groups in total. The second-order valence-electron chi connectivity index (χ2n) is 4.86. The van der Waals surface area contributed by atoms with Gasteiger partial charge < -0.3 is 5.32 Å². The van der Waals surface area contributed by atoms with Crippen molar-refractivity contribution in [2.24, 2.45) is 0 Å². The SMILES string of the molecule is O=S(=O)(CCCNC1CC1)N1CCCCC1. The first-order chi connectivity index (χ1) is 7.68. The van der Waals surface area contributed by atoms with Crippen LogP contribution >= 0.6 is 0 Å².